The van der Waals surface area contributed by atoms with Crippen molar-refractivity contribution in [2.45, 2.75) is 27.7 Å². The smallest absolute Gasteiger partial charge is 0.257 e. The Labute approximate surface area is 128 Å². The third kappa shape index (κ3) is 6.63. The van der Waals surface area contributed by atoms with Gasteiger partial charge in [0.25, 0.3) is 5.91 Å². The summed E-state index contributed by atoms with van der Waals surface area (Å²) in [6.45, 7) is 9.88. The minimum absolute atomic E-state index is 0.0401. The van der Waals surface area contributed by atoms with E-state index in [0.29, 0.717) is 6.54 Å². The molecule has 1 N–H and O–H groups in total. The van der Waals surface area contributed by atoms with Gasteiger partial charge in [-0.05, 0) is 50.6 Å². The molecule has 1 aromatic carbocycles. The number of amides is 1. The van der Waals surface area contributed by atoms with Crippen molar-refractivity contribution in [3.8, 4) is 5.75 Å². The lowest BCUT2D eigenvalue weighted by atomic mass is 9.93. The number of nitrogens with one attached hydrogen (secondary N) is 1. The summed E-state index contributed by atoms with van der Waals surface area (Å²) in [5, 5.41) is 2.94. The molecule has 1 rings (SSSR count). The maximum atomic E-state index is 11.9. The highest BCUT2D eigenvalue weighted by Crippen LogP contribution is 2.19. The molecule has 0 aliphatic rings. The second-order valence-electron chi connectivity index (χ2n) is 6.74. The van der Waals surface area contributed by atoms with Gasteiger partial charge in [-0.2, -0.15) is 0 Å². The van der Waals surface area contributed by atoms with Crippen LogP contribution < -0.4 is 10.1 Å². The molecule has 0 saturated carbocycles. The van der Waals surface area contributed by atoms with E-state index in [-0.39, 0.29) is 17.9 Å². The molecule has 21 heavy (non-hydrogen) atoms. The fraction of sp³-hybridized carbons (Fsp3) is 0.588. The standard InChI is InChI=1S/C17H28N2O2/c1-13-7-8-14(2)15(9-13)21-10-16(20)18-11-17(3,4)12-19(5)6/h7-9H,10-12H2,1-6H3,(H,18,20). The van der Waals surface area contributed by atoms with Crippen molar-refractivity contribution < 1.29 is 9.53 Å². The first kappa shape index (κ1) is 17.5. The van der Waals surface area contributed by atoms with E-state index in [1.54, 1.807) is 0 Å². The topological polar surface area (TPSA) is 41.6 Å². The molecule has 0 unspecified atom stereocenters. The number of benzene rings is 1. The van der Waals surface area contributed by atoms with Crippen molar-refractivity contribution in [2.24, 2.45) is 5.41 Å². The number of ether oxygens (including phenoxy) is 1. The van der Waals surface area contributed by atoms with Crippen LogP contribution in [0.3, 0.4) is 0 Å². The highest BCUT2D eigenvalue weighted by Gasteiger charge is 2.19. The molecule has 0 spiro atoms. The van der Waals surface area contributed by atoms with Gasteiger partial charge in [-0.25, -0.2) is 0 Å². The van der Waals surface area contributed by atoms with Crippen molar-refractivity contribution in [1.29, 1.82) is 0 Å². The zero-order valence-corrected chi connectivity index (χ0v) is 14.1. The largest absolute Gasteiger partial charge is 0.483 e. The highest BCUT2D eigenvalue weighted by molar-refractivity contribution is 5.77. The van der Waals surface area contributed by atoms with E-state index in [9.17, 15) is 4.79 Å². The van der Waals surface area contributed by atoms with Crippen LogP contribution >= 0.6 is 0 Å². The zero-order chi connectivity index (χ0) is 16.0. The molecule has 0 fully saturated rings. The van der Waals surface area contributed by atoms with Crippen molar-refractivity contribution in [3.05, 3.63) is 29.3 Å². The Bertz CT molecular complexity index is 482. The Hall–Kier alpha value is -1.55. The Kier molecular flexibility index (Phi) is 6.21. The summed E-state index contributed by atoms with van der Waals surface area (Å²) in [5.74, 6) is 0.695. The summed E-state index contributed by atoms with van der Waals surface area (Å²) < 4.78 is 5.60. The first-order chi connectivity index (χ1) is 9.69. The minimum Gasteiger partial charge on any atom is -0.483 e. The fourth-order valence-corrected chi connectivity index (χ4v) is 2.31. The van der Waals surface area contributed by atoms with E-state index in [1.807, 2.05) is 46.1 Å². The monoisotopic (exact) mass is 292 g/mol. The second-order valence-corrected chi connectivity index (χ2v) is 6.74. The molecule has 0 radical (unpaired) electrons. The zero-order valence-electron chi connectivity index (χ0n) is 14.1. The van der Waals surface area contributed by atoms with Gasteiger partial charge in [0, 0.05) is 13.1 Å². The van der Waals surface area contributed by atoms with E-state index >= 15 is 0 Å². The average molecular weight is 292 g/mol. The fourth-order valence-electron chi connectivity index (χ4n) is 2.31. The molecule has 0 aliphatic heterocycles. The van der Waals surface area contributed by atoms with E-state index in [4.69, 9.17) is 4.74 Å². The highest BCUT2D eigenvalue weighted by atomic mass is 16.5. The lowest BCUT2D eigenvalue weighted by molar-refractivity contribution is -0.123. The summed E-state index contributed by atoms with van der Waals surface area (Å²) in [5.41, 5.74) is 2.21. The summed E-state index contributed by atoms with van der Waals surface area (Å²) in [6, 6.07) is 5.99. The molecule has 4 heteroatoms. The number of nitrogens with zero attached hydrogens (tertiary/aromatic N) is 1. The summed E-state index contributed by atoms with van der Waals surface area (Å²) in [4.78, 5) is 14.0. The number of hydrogen-bond donors (Lipinski definition) is 1. The van der Waals surface area contributed by atoms with Gasteiger partial charge in [0.1, 0.15) is 5.75 Å². The van der Waals surface area contributed by atoms with Crippen molar-refractivity contribution >= 4 is 5.91 Å². The third-order valence-electron chi connectivity index (χ3n) is 3.21. The van der Waals surface area contributed by atoms with Crippen LogP contribution in [0.4, 0.5) is 0 Å². The van der Waals surface area contributed by atoms with Crippen LogP contribution in [0.5, 0.6) is 5.75 Å². The maximum Gasteiger partial charge on any atom is 0.257 e. The second kappa shape index (κ2) is 7.46. The number of carbonyl (C=O) groups is 1. The molecule has 118 valence electrons. The van der Waals surface area contributed by atoms with Gasteiger partial charge in [-0.1, -0.05) is 26.0 Å². The third-order valence-corrected chi connectivity index (χ3v) is 3.21. The molecule has 0 atom stereocenters. The molecule has 1 aromatic rings. The first-order valence-electron chi connectivity index (χ1n) is 7.31. The predicted octanol–water partition coefficient (Wildman–Crippen LogP) is 2.39. The molecule has 0 bridgehead atoms. The van der Waals surface area contributed by atoms with Gasteiger partial charge in [-0.3, -0.25) is 4.79 Å². The van der Waals surface area contributed by atoms with Crippen molar-refractivity contribution in [2.75, 3.05) is 33.8 Å². The lowest BCUT2D eigenvalue weighted by Gasteiger charge is -2.28. The lowest BCUT2D eigenvalue weighted by Crippen LogP contribution is -2.41. The van der Waals surface area contributed by atoms with Crippen molar-refractivity contribution in [1.82, 2.24) is 10.2 Å². The van der Waals surface area contributed by atoms with Crippen LogP contribution in [0.2, 0.25) is 0 Å². The Balaban J connectivity index is 2.42. The predicted molar refractivity (Wildman–Crippen MR) is 86.8 cm³/mol. The van der Waals surface area contributed by atoms with Gasteiger partial charge in [0.15, 0.2) is 6.61 Å². The molecule has 0 heterocycles. The minimum atomic E-state index is -0.0808. The molecule has 0 aliphatic carbocycles. The SMILES string of the molecule is Cc1ccc(C)c(OCC(=O)NCC(C)(C)CN(C)C)c1. The summed E-state index contributed by atoms with van der Waals surface area (Å²) in [7, 11) is 4.07. The van der Waals surface area contributed by atoms with Gasteiger partial charge in [-0.15, -0.1) is 0 Å². The maximum absolute atomic E-state index is 11.9. The molecular weight excluding hydrogens is 264 g/mol. The molecule has 0 saturated heterocycles. The van der Waals surface area contributed by atoms with Gasteiger partial charge >= 0.3 is 0 Å². The van der Waals surface area contributed by atoms with E-state index in [0.717, 1.165) is 23.4 Å². The Morgan fingerprint density at radius 2 is 1.95 bits per heavy atom. The quantitative estimate of drug-likeness (QED) is 0.839. The summed E-state index contributed by atoms with van der Waals surface area (Å²) in [6.07, 6.45) is 0. The van der Waals surface area contributed by atoms with Crippen LogP contribution in [0, 0.1) is 19.3 Å². The average Bonchev–Trinajstić information content (AvgIpc) is 2.36. The van der Waals surface area contributed by atoms with Crippen LogP contribution in [-0.2, 0) is 4.79 Å². The Morgan fingerprint density at radius 3 is 2.57 bits per heavy atom. The van der Waals surface area contributed by atoms with E-state index in [1.165, 1.54) is 0 Å². The van der Waals surface area contributed by atoms with Gasteiger partial charge in [0.2, 0.25) is 0 Å². The molecule has 1 amide bonds. The van der Waals surface area contributed by atoms with Crippen LogP contribution in [0.25, 0.3) is 0 Å². The molecule has 4 nitrogen and oxygen atoms in total. The van der Waals surface area contributed by atoms with Gasteiger partial charge < -0.3 is 15.0 Å². The Morgan fingerprint density at radius 1 is 1.29 bits per heavy atom. The number of aryl methyl sites for hydroxylation is 2. The van der Waals surface area contributed by atoms with Crippen LogP contribution in [-0.4, -0.2) is 44.6 Å². The summed E-state index contributed by atoms with van der Waals surface area (Å²) >= 11 is 0. The van der Waals surface area contributed by atoms with Crippen LogP contribution in [0.15, 0.2) is 18.2 Å². The molecule has 0 aromatic heterocycles. The molecular formula is C17H28N2O2. The van der Waals surface area contributed by atoms with E-state index in [2.05, 4.69) is 24.1 Å². The van der Waals surface area contributed by atoms with Crippen LogP contribution in [0.1, 0.15) is 25.0 Å². The number of hydrogen-bond acceptors (Lipinski definition) is 3. The number of carbonyl (C=O) groups excluding carboxylic acids is 1. The first-order valence-corrected chi connectivity index (χ1v) is 7.31. The van der Waals surface area contributed by atoms with Gasteiger partial charge in [0.05, 0.1) is 0 Å². The number of rotatable bonds is 7. The van der Waals surface area contributed by atoms with Crippen molar-refractivity contribution in [3.63, 3.8) is 0 Å². The normalized spacial score (nSPS) is 11.6. The van der Waals surface area contributed by atoms with E-state index < -0.39 is 0 Å².